The highest BCUT2D eigenvalue weighted by Crippen LogP contribution is 2.25. The average molecular weight is 487 g/mol. The molecule has 0 unspecified atom stereocenters. The van der Waals surface area contributed by atoms with Crippen LogP contribution in [0.4, 0.5) is 14.5 Å². The number of halogens is 2. The normalized spacial score (nSPS) is 11.9. The number of nitrogens with one attached hydrogen (secondary N) is 1. The van der Waals surface area contributed by atoms with Crippen molar-refractivity contribution in [2.45, 2.75) is 63.3 Å². The molecule has 0 bridgehead atoms. The third-order valence-electron chi connectivity index (χ3n) is 5.02. The Balaban J connectivity index is 2.14. The van der Waals surface area contributed by atoms with E-state index in [-0.39, 0.29) is 34.1 Å². The fraction of sp³-hybridized carbons (Fsp3) is 0.476. The average Bonchev–Trinajstić information content (AvgIpc) is 2.69. The summed E-state index contributed by atoms with van der Waals surface area (Å²) >= 11 is 0.284. The van der Waals surface area contributed by atoms with Crippen LogP contribution in [0, 0.1) is 20.8 Å². The first kappa shape index (κ1) is 26.1. The number of carbonyl (C=O) groups excluding carboxylic acids is 1. The summed E-state index contributed by atoms with van der Waals surface area (Å²) in [6, 6.07) is 4.66. The van der Waals surface area contributed by atoms with Crippen molar-refractivity contribution in [2.75, 3.05) is 18.4 Å². The van der Waals surface area contributed by atoms with Crippen LogP contribution in [0.1, 0.15) is 42.8 Å². The highest BCUT2D eigenvalue weighted by molar-refractivity contribution is 7.99. The second-order valence-corrected chi connectivity index (χ2v) is 10.0. The maximum Gasteiger partial charge on any atom is 0.291 e. The number of alkyl halides is 2. The molecule has 0 fully saturated rings. The molecule has 1 N–H and O–H groups in total. The van der Waals surface area contributed by atoms with E-state index in [1.165, 1.54) is 16.4 Å². The number of anilines is 1. The van der Waals surface area contributed by atoms with E-state index >= 15 is 0 Å². The van der Waals surface area contributed by atoms with Crippen molar-refractivity contribution in [1.29, 1.82) is 0 Å². The highest BCUT2D eigenvalue weighted by atomic mass is 32.2. The van der Waals surface area contributed by atoms with Gasteiger partial charge in [-0.25, -0.2) is 18.4 Å². The van der Waals surface area contributed by atoms with Crippen molar-refractivity contribution >= 4 is 33.4 Å². The maximum atomic E-state index is 12.8. The minimum Gasteiger partial charge on any atom is -0.326 e. The van der Waals surface area contributed by atoms with Gasteiger partial charge in [-0.1, -0.05) is 19.9 Å². The van der Waals surface area contributed by atoms with Crippen LogP contribution in [-0.2, 0) is 21.2 Å². The fourth-order valence-corrected chi connectivity index (χ4v) is 5.29. The molecule has 7 nitrogen and oxygen atoms in total. The van der Waals surface area contributed by atoms with Gasteiger partial charge in [0.2, 0.25) is 15.9 Å². The Kier molecular flexibility index (Phi) is 9.11. The third-order valence-corrected chi connectivity index (χ3v) is 7.64. The summed E-state index contributed by atoms with van der Waals surface area (Å²) in [4.78, 5) is 20.9. The van der Waals surface area contributed by atoms with Gasteiger partial charge in [-0.2, -0.15) is 13.1 Å². The zero-order chi connectivity index (χ0) is 24.1. The van der Waals surface area contributed by atoms with Gasteiger partial charge in [0.1, 0.15) is 0 Å². The van der Waals surface area contributed by atoms with E-state index in [9.17, 15) is 22.0 Å². The number of aryl methyl sites for hydroxylation is 3. The molecule has 0 radical (unpaired) electrons. The zero-order valence-electron chi connectivity index (χ0n) is 18.8. The molecule has 1 amide bonds. The summed E-state index contributed by atoms with van der Waals surface area (Å²) in [5, 5.41) is 2.78. The van der Waals surface area contributed by atoms with Crippen LogP contribution >= 0.6 is 11.8 Å². The highest BCUT2D eigenvalue weighted by Gasteiger charge is 2.22. The molecular weight excluding hydrogens is 458 g/mol. The summed E-state index contributed by atoms with van der Waals surface area (Å²) in [5.41, 5.74) is 3.00. The van der Waals surface area contributed by atoms with Gasteiger partial charge < -0.3 is 5.32 Å². The molecule has 32 heavy (non-hydrogen) atoms. The molecule has 0 saturated heterocycles. The van der Waals surface area contributed by atoms with Gasteiger partial charge in [0.05, 0.1) is 4.90 Å². The van der Waals surface area contributed by atoms with Gasteiger partial charge in [-0.15, -0.1) is 0 Å². The minimum atomic E-state index is -3.65. The lowest BCUT2D eigenvalue weighted by Crippen LogP contribution is -2.30. The zero-order valence-corrected chi connectivity index (χ0v) is 20.4. The van der Waals surface area contributed by atoms with E-state index in [0.717, 1.165) is 11.1 Å². The number of sulfonamides is 1. The van der Waals surface area contributed by atoms with E-state index in [0.29, 0.717) is 36.6 Å². The SMILES string of the molecule is CCN(CC)S(=O)(=O)c1ccc(C)c(NC(=O)CCc2c(C)nc(SC(F)F)nc2C)c1. The smallest absolute Gasteiger partial charge is 0.291 e. The summed E-state index contributed by atoms with van der Waals surface area (Å²) in [6.45, 7) is 9.42. The number of thioether (sulfide) groups is 1. The summed E-state index contributed by atoms with van der Waals surface area (Å²) in [7, 11) is -3.65. The Morgan fingerprint density at radius 3 is 2.25 bits per heavy atom. The first-order chi connectivity index (χ1) is 15.0. The fourth-order valence-electron chi connectivity index (χ4n) is 3.26. The molecule has 0 aliphatic rings. The standard InChI is InChI=1S/C21H28F2N4O3S2/c1-6-27(7-2)32(29,30)16-9-8-13(3)18(12-16)26-19(28)11-10-17-14(4)24-21(25-15(17)5)31-20(22)23/h8-9,12,20H,6-7,10-11H2,1-5H3,(H,26,28). The molecule has 2 aromatic rings. The third kappa shape index (κ3) is 6.46. The predicted molar refractivity (Wildman–Crippen MR) is 122 cm³/mol. The predicted octanol–water partition coefficient (Wildman–Crippen LogP) is 4.32. The number of benzene rings is 1. The van der Waals surface area contributed by atoms with Gasteiger partial charge in [0, 0.05) is 36.6 Å². The number of hydrogen-bond acceptors (Lipinski definition) is 6. The van der Waals surface area contributed by atoms with Crippen LogP contribution in [0.3, 0.4) is 0 Å². The number of amides is 1. The van der Waals surface area contributed by atoms with E-state index < -0.39 is 15.8 Å². The molecule has 0 spiro atoms. The van der Waals surface area contributed by atoms with Crippen molar-refractivity contribution in [3.05, 3.63) is 40.7 Å². The molecule has 176 valence electrons. The lowest BCUT2D eigenvalue weighted by atomic mass is 10.1. The van der Waals surface area contributed by atoms with E-state index in [4.69, 9.17) is 0 Å². The van der Waals surface area contributed by atoms with Crippen LogP contribution in [0.2, 0.25) is 0 Å². The molecule has 2 rings (SSSR count). The van der Waals surface area contributed by atoms with Gasteiger partial charge in [0.25, 0.3) is 5.76 Å². The Hall–Kier alpha value is -2.11. The van der Waals surface area contributed by atoms with Crippen molar-refractivity contribution in [1.82, 2.24) is 14.3 Å². The van der Waals surface area contributed by atoms with Crippen LogP contribution in [0.25, 0.3) is 0 Å². The number of nitrogens with zero attached hydrogens (tertiary/aromatic N) is 3. The van der Waals surface area contributed by atoms with E-state index in [1.807, 2.05) is 0 Å². The number of hydrogen-bond donors (Lipinski definition) is 1. The monoisotopic (exact) mass is 486 g/mol. The molecule has 1 aromatic carbocycles. The van der Waals surface area contributed by atoms with Crippen LogP contribution in [0.15, 0.2) is 28.3 Å². The summed E-state index contributed by atoms with van der Waals surface area (Å²) in [6.07, 6.45) is 0.443. The summed E-state index contributed by atoms with van der Waals surface area (Å²) < 4.78 is 52.0. The maximum absolute atomic E-state index is 12.8. The first-order valence-corrected chi connectivity index (χ1v) is 12.5. The molecule has 0 atom stereocenters. The first-order valence-electron chi connectivity index (χ1n) is 10.2. The lowest BCUT2D eigenvalue weighted by molar-refractivity contribution is -0.116. The Morgan fingerprint density at radius 2 is 1.72 bits per heavy atom. The lowest BCUT2D eigenvalue weighted by Gasteiger charge is -2.19. The van der Waals surface area contributed by atoms with Crippen LogP contribution in [-0.4, -0.2) is 47.4 Å². The molecule has 0 aliphatic carbocycles. The van der Waals surface area contributed by atoms with E-state index in [1.54, 1.807) is 40.7 Å². The second-order valence-electron chi connectivity index (χ2n) is 7.15. The molecule has 11 heteroatoms. The molecule has 1 heterocycles. The van der Waals surface area contributed by atoms with E-state index in [2.05, 4.69) is 15.3 Å². The quantitative estimate of drug-likeness (QED) is 0.397. The largest absolute Gasteiger partial charge is 0.326 e. The Labute approximate surface area is 192 Å². The van der Waals surface area contributed by atoms with Crippen molar-refractivity contribution in [3.63, 3.8) is 0 Å². The van der Waals surface area contributed by atoms with Crippen LogP contribution in [0.5, 0.6) is 0 Å². The van der Waals surface area contributed by atoms with Gasteiger partial charge >= 0.3 is 0 Å². The molecule has 0 aliphatic heterocycles. The molecule has 1 aromatic heterocycles. The molecular formula is C21H28F2N4O3S2. The number of carbonyl (C=O) groups is 1. The van der Waals surface area contributed by atoms with Crippen molar-refractivity contribution in [3.8, 4) is 0 Å². The Morgan fingerprint density at radius 1 is 1.12 bits per heavy atom. The Bertz CT molecular complexity index is 1050. The van der Waals surface area contributed by atoms with Crippen LogP contribution < -0.4 is 5.32 Å². The number of rotatable bonds is 10. The van der Waals surface area contributed by atoms with Gasteiger partial charge in [0.15, 0.2) is 5.16 Å². The summed E-state index contributed by atoms with van der Waals surface area (Å²) in [5.74, 6) is -2.90. The number of aromatic nitrogens is 2. The van der Waals surface area contributed by atoms with Gasteiger partial charge in [-0.3, -0.25) is 4.79 Å². The molecule has 0 saturated carbocycles. The second kappa shape index (κ2) is 11.2. The van der Waals surface area contributed by atoms with Crippen molar-refractivity contribution < 1.29 is 22.0 Å². The topological polar surface area (TPSA) is 92.3 Å². The van der Waals surface area contributed by atoms with Crippen molar-refractivity contribution in [2.24, 2.45) is 0 Å². The minimum absolute atomic E-state index is 0.00468. The van der Waals surface area contributed by atoms with Gasteiger partial charge in [-0.05, 0) is 62.2 Å².